The number of methoxy groups -OCH3 is 1. The van der Waals surface area contributed by atoms with Crippen molar-refractivity contribution in [1.29, 1.82) is 0 Å². The summed E-state index contributed by atoms with van der Waals surface area (Å²) < 4.78 is 10.9. The van der Waals surface area contributed by atoms with Crippen molar-refractivity contribution in [3.63, 3.8) is 0 Å². The molecule has 1 heterocycles. The maximum absolute atomic E-state index is 12.3. The second kappa shape index (κ2) is 7.66. The van der Waals surface area contributed by atoms with E-state index in [2.05, 4.69) is 12.2 Å². The summed E-state index contributed by atoms with van der Waals surface area (Å²) in [5.41, 5.74) is 0.887. The number of hydrogen-bond acceptors (Lipinski definition) is 3. The van der Waals surface area contributed by atoms with E-state index < -0.39 is 0 Å². The van der Waals surface area contributed by atoms with E-state index in [0.29, 0.717) is 18.2 Å². The van der Waals surface area contributed by atoms with Gasteiger partial charge in [-0.2, -0.15) is 0 Å². The van der Waals surface area contributed by atoms with Gasteiger partial charge in [-0.25, -0.2) is 0 Å². The molecule has 0 unspecified atom stereocenters. The number of ether oxygens (including phenoxy) is 2. The molecule has 116 valence electrons. The topological polar surface area (TPSA) is 47.6 Å². The molecule has 0 aliphatic carbocycles. The van der Waals surface area contributed by atoms with E-state index in [-0.39, 0.29) is 17.9 Å². The van der Waals surface area contributed by atoms with Gasteiger partial charge in [0.2, 0.25) is 5.91 Å². The van der Waals surface area contributed by atoms with Crippen LogP contribution in [0.2, 0.25) is 5.02 Å². The van der Waals surface area contributed by atoms with Crippen LogP contribution in [-0.4, -0.2) is 25.7 Å². The fourth-order valence-electron chi connectivity index (χ4n) is 2.61. The summed E-state index contributed by atoms with van der Waals surface area (Å²) in [7, 11) is 1.61. The lowest BCUT2D eigenvalue weighted by atomic mass is 9.93. The lowest BCUT2D eigenvalue weighted by Crippen LogP contribution is -2.36. The normalized spacial score (nSPS) is 21.9. The van der Waals surface area contributed by atoms with E-state index >= 15 is 0 Å². The number of nitrogens with one attached hydrogen (secondary N) is 1. The summed E-state index contributed by atoms with van der Waals surface area (Å²) in [6, 6.07) is 5.40. The molecule has 2 atom stereocenters. The maximum Gasteiger partial charge on any atom is 0.223 e. The number of hydrogen-bond donors (Lipinski definition) is 1. The summed E-state index contributed by atoms with van der Waals surface area (Å²) in [6.07, 6.45) is 2.74. The summed E-state index contributed by atoms with van der Waals surface area (Å²) in [5, 5.41) is 3.62. The van der Waals surface area contributed by atoms with Crippen LogP contribution in [0.25, 0.3) is 0 Å². The zero-order chi connectivity index (χ0) is 15.2. The average molecular weight is 312 g/mol. The van der Waals surface area contributed by atoms with Gasteiger partial charge in [-0.05, 0) is 37.5 Å². The van der Waals surface area contributed by atoms with Gasteiger partial charge in [0.25, 0.3) is 0 Å². The van der Waals surface area contributed by atoms with Crippen LogP contribution in [0.4, 0.5) is 0 Å². The van der Waals surface area contributed by atoms with Crippen LogP contribution >= 0.6 is 11.6 Å². The number of carbonyl (C=O) groups excluding carboxylic acids is 1. The third-order valence-electron chi connectivity index (χ3n) is 3.89. The number of rotatable bonds is 5. The van der Waals surface area contributed by atoms with E-state index in [4.69, 9.17) is 21.1 Å². The Morgan fingerprint density at radius 1 is 1.52 bits per heavy atom. The van der Waals surface area contributed by atoms with E-state index in [1.807, 2.05) is 12.1 Å². The van der Waals surface area contributed by atoms with Crippen molar-refractivity contribution in [1.82, 2.24) is 5.32 Å². The monoisotopic (exact) mass is 311 g/mol. The molecule has 21 heavy (non-hydrogen) atoms. The Hall–Kier alpha value is -1.26. The second-order valence-electron chi connectivity index (χ2n) is 5.30. The zero-order valence-corrected chi connectivity index (χ0v) is 13.3. The molecule has 2 rings (SSSR count). The standard InChI is InChI=1S/C16H22ClNO3/c1-3-14-9-11(6-7-21-14)16(19)18-10-12-8-13(17)4-5-15(12)20-2/h4-5,8,11,14H,3,6-7,9-10H2,1-2H3,(H,18,19)/t11-,14+/m1/s1. The summed E-state index contributed by atoms with van der Waals surface area (Å²) in [4.78, 5) is 12.3. The van der Waals surface area contributed by atoms with E-state index in [1.54, 1.807) is 13.2 Å². The molecule has 4 nitrogen and oxygen atoms in total. The Morgan fingerprint density at radius 2 is 2.33 bits per heavy atom. The molecule has 0 bridgehead atoms. The molecule has 0 spiro atoms. The van der Waals surface area contributed by atoms with Gasteiger partial charge >= 0.3 is 0 Å². The Labute approximate surface area is 130 Å². The molecule has 0 radical (unpaired) electrons. The minimum Gasteiger partial charge on any atom is -0.496 e. The molecule has 1 amide bonds. The molecular weight excluding hydrogens is 290 g/mol. The van der Waals surface area contributed by atoms with Crippen LogP contribution in [-0.2, 0) is 16.1 Å². The highest BCUT2D eigenvalue weighted by molar-refractivity contribution is 6.30. The molecular formula is C16H22ClNO3. The van der Waals surface area contributed by atoms with Crippen molar-refractivity contribution in [3.05, 3.63) is 28.8 Å². The predicted molar refractivity (Wildman–Crippen MR) is 82.6 cm³/mol. The highest BCUT2D eigenvalue weighted by atomic mass is 35.5. The SMILES string of the molecule is CC[C@H]1C[C@H](C(=O)NCc2cc(Cl)ccc2OC)CCO1. The van der Waals surface area contributed by atoms with E-state index in [1.165, 1.54) is 0 Å². The Morgan fingerprint density at radius 3 is 3.05 bits per heavy atom. The quantitative estimate of drug-likeness (QED) is 0.908. The first kappa shape index (κ1) is 16.1. The molecule has 5 heteroatoms. The first-order valence-corrected chi connectivity index (χ1v) is 7.73. The second-order valence-corrected chi connectivity index (χ2v) is 5.73. The Balaban J connectivity index is 1.93. The van der Waals surface area contributed by atoms with Crippen LogP contribution in [0, 0.1) is 5.92 Å². The van der Waals surface area contributed by atoms with Crippen molar-refractivity contribution >= 4 is 17.5 Å². The van der Waals surface area contributed by atoms with Gasteiger partial charge < -0.3 is 14.8 Å². The molecule has 1 aliphatic rings. The minimum absolute atomic E-state index is 0.0360. The molecule has 0 saturated carbocycles. The average Bonchev–Trinajstić information content (AvgIpc) is 2.52. The number of benzene rings is 1. The minimum atomic E-state index is 0.0360. The van der Waals surface area contributed by atoms with Crippen LogP contribution in [0.5, 0.6) is 5.75 Å². The predicted octanol–water partition coefficient (Wildman–Crippen LogP) is 3.17. The van der Waals surface area contributed by atoms with Gasteiger partial charge in [0, 0.05) is 29.7 Å². The molecule has 1 aromatic rings. The van der Waals surface area contributed by atoms with Crippen molar-refractivity contribution in [3.8, 4) is 5.75 Å². The molecule has 1 aliphatic heterocycles. The first-order chi connectivity index (χ1) is 10.1. The van der Waals surface area contributed by atoms with E-state index in [9.17, 15) is 4.79 Å². The van der Waals surface area contributed by atoms with Gasteiger partial charge in [0.15, 0.2) is 0 Å². The lowest BCUT2D eigenvalue weighted by molar-refractivity contribution is -0.130. The fraction of sp³-hybridized carbons (Fsp3) is 0.562. The van der Waals surface area contributed by atoms with Gasteiger partial charge in [-0.1, -0.05) is 18.5 Å². The number of halogens is 1. The van der Waals surface area contributed by atoms with Gasteiger partial charge in [-0.15, -0.1) is 0 Å². The maximum atomic E-state index is 12.3. The molecule has 0 aromatic heterocycles. The zero-order valence-electron chi connectivity index (χ0n) is 12.5. The fourth-order valence-corrected chi connectivity index (χ4v) is 2.81. The van der Waals surface area contributed by atoms with Crippen molar-refractivity contribution in [2.75, 3.05) is 13.7 Å². The lowest BCUT2D eigenvalue weighted by Gasteiger charge is -2.28. The Kier molecular flexibility index (Phi) is 5.88. The third kappa shape index (κ3) is 4.35. The highest BCUT2D eigenvalue weighted by Gasteiger charge is 2.26. The molecule has 1 N–H and O–H groups in total. The van der Waals surface area contributed by atoms with Gasteiger partial charge in [-0.3, -0.25) is 4.79 Å². The summed E-state index contributed by atoms with van der Waals surface area (Å²) >= 11 is 5.99. The van der Waals surface area contributed by atoms with E-state index in [0.717, 1.165) is 30.6 Å². The third-order valence-corrected chi connectivity index (χ3v) is 4.12. The van der Waals surface area contributed by atoms with Crippen molar-refractivity contribution < 1.29 is 14.3 Å². The van der Waals surface area contributed by atoms with Crippen molar-refractivity contribution in [2.24, 2.45) is 5.92 Å². The smallest absolute Gasteiger partial charge is 0.223 e. The van der Waals surface area contributed by atoms with Gasteiger partial charge in [0.1, 0.15) is 5.75 Å². The number of amides is 1. The molecule has 1 saturated heterocycles. The summed E-state index contributed by atoms with van der Waals surface area (Å²) in [5.74, 6) is 0.853. The molecule has 1 aromatic carbocycles. The van der Waals surface area contributed by atoms with Crippen molar-refractivity contribution in [2.45, 2.75) is 38.8 Å². The number of carbonyl (C=O) groups is 1. The largest absolute Gasteiger partial charge is 0.496 e. The highest BCUT2D eigenvalue weighted by Crippen LogP contribution is 2.24. The molecule has 1 fully saturated rings. The first-order valence-electron chi connectivity index (χ1n) is 7.35. The summed E-state index contributed by atoms with van der Waals surface area (Å²) in [6.45, 7) is 3.18. The van der Waals surface area contributed by atoms with Gasteiger partial charge in [0.05, 0.1) is 13.2 Å². The van der Waals surface area contributed by atoms with Crippen LogP contribution in [0.1, 0.15) is 31.7 Å². The Bertz CT molecular complexity index is 492. The van der Waals surface area contributed by atoms with Crippen LogP contribution in [0.3, 0.4) is 0 Å². The van der Waals surface area contributed by atoms with Crippen LogP contribution < -0.4 is 10.1 Å². The van der Waals surface area contributed by atoms with Crippen LogP contribution in [0.15, 0.2) is 18.2 Å².